The van der Waals surface area contributed by atoms with Crippen LogP contribution in [0, 0.1) is 28.4 Å². The molecule has 0 radical (unpaired) electrons. The van der Waals surface area contributed by atoms with Gasteiger partial charge in [-0.3, -0.25) is 10.1 Å². The van der Waals surface area contributed by atoms with E-state index in [1.807, 2.05) is 6.07 Å². The maximum Gasteiger partial charge on any atom is 0.284 e. The van der Waals surface area contributed by atoms with Crippen molar-refractivity contribution in [2.45, 2.75) is 13.3 Å². The van der Waals surface area contributed by atoms with Crippen LogP contribution in [0.2, 0.25) is 0 Å². The number of benzene rings is 1. The van der Waals surface area contributed by atoms with E-state index in [0.717, 1.165) is 5.56 Å². The Bertz CT molecular complexity index is 424. The number of hydrogen-bond acceptors (Lipinski definition) is 3. The molecule has 0 fully saturated rings. The molecular weight excluding hydrogens is 248 g/mol. The van der Waals surface area contributed by atoms with Crippen LogP contribution >= 0.6 is 15.9 Å². The van der Waals surface area contributed by atoms with E-state index in [1.54, 1.807) is 13.0 Å². The van der Waals surface area contributed by atoms with E-state index in [4.69, 9.17) is 5.26 Å². The first-order valence-electron chi connectivity index (χ1n) is 3.86. The third-order valence-corrected chi connectivity index (χ3v) is 2.65. The second-order valence-electron chi connectivity index (χ2n) is 2.85. The van der Waals surface area contributed by atoms with Gasteiger partial charge in [0, 0.05) is 6.07 Å². The van der Waals surface area contributed by atoms with Gasteiger partial charge in [-0.15, -0.1) is 0 Å². The molecule has 0 saturated heterocycles. The molecule has 1 rings (SSSR count). The van der Waals surface area contributed by atoms with Gasteiger partial charge in [0.05, 0.1) is 21.9 Å². The topological polar surface area (TPSA) is 66.9 Å². The first kappa shape index (κ1) is 10.7. The minimum atomic E-state index is -0.460. The number of nitriles is 1. The average Bonchev–Trinajstić information content (AvgIpc) is 2.10. The van der Waals surface area contributed by atoms with Crippen LogP contribution in [0.3, 0.4) is 0 Å². The molecule has 1 aromatic carbocycles. The van der Waals surface area contributed by atoms with Crippen molar-refractivity contribution < 1.29 is 4.92 Å². The summed E-state index contributed by atoms with van der Waals surface area (Å²) in [6.07, 6.45) is 0.170. The number of hydrogen-bond donors (Lipinski definition) is 0. The molecule has 0 aliphatic heterocycles. The van der Waals surface area contributed by atoms with Crippen molar-refractivity contribution in [3.63, 3.8) is 0 Å². The predicted molar refractivity (Wildman–Crippen MR) is 54.9 cm³/mol. The molecule has 0 saturated carbocycles. The SMILES string of the molecule is Cc1cc(CC#N)c(Br)c([N+](=O)[O-])c1. The van der Waals surface area contributed by atoms with Crippen LogP contribution in [0.1, 0.15) is 11.1 Å². The van der Waals surface area contributed by atoms with Crippen LogP contribution in [-0.4, -0.2) is 4.92 Å². The van der Waals surface area contributed by atoms with Gasteiger partial charge in [0.2, 0.25) is 0 Å². The number of aryl methyl sites for hydroxylation is 1. The summed E-state index contributed by atoms with van der Waals surface area (Å²) in [5.41, 5.74) is 1.44. The van der Waals surface area contributed by atoms with E-state index in [1.165, 1.54) is 6.07 Å². The Morgan fingerprint density at radius 1 is 1.64 bits per heavy atom. The van der Waals surface area contributed by atoms with Crippen LogP contribution < -0.4 is 0 Å². The summed E-state index contributed by atoms with van der Waals surface area (Å²) in [5, 5.41) is 19.1. The Labute approximate surface area is 89.4 Å². The van der Waals surface area contributed by atoms with Crippen molar-refractivity contribution in [1.29, 1.82) is 5.26 Å². The molecule has 0 aromatic heterocycles. The van der Waals surface area contributed by atoms with E-state index in [2.05, 4.69) is 15.9 Å². The highest BCUT2D eigenvalue weighted by Crippen LogP contribution is 2.30. The van der Waals surface area contributed by atoms with E-state index in [0.29, 0.717) is 10.0 Å². The van der Waals surface area contributed by atoms with Gasteiger partial charge >= 0.3 is 0 Å². The molecule has 72 valence electrons. The van der Waals surface area contributed by atoms with Crippen molar-refractivity contribution >= 4 is 21.6 Å². The van der Waals surface area contributed by atoms with E-state index >= 15 is 0 Å². The molecule has 0 N–H and O–H groups in total. The van der Waals surface area contributed by atoms with Crippen molar-refractivity contribution in [1.82, 2.24) is 0 Å². The van der Waals surface area contributed by atoms with Gasteiger partial charge in [-0.1, -0.05) is 6.07 Å². The van der Waals surface area contributed by atoms with Gasteiger partial charge in [-0.2, -0.15) is 5.26 Å². The standard InChI is InChI=1S/C9H7BrN2O2/c1-6-4-7(2-3-11)9(10)8(5-6)12(13)14/h4-5H,2H2,1H3. The lowest BCUT2D eigenvalue weighted by atomic mass is 10.1. The highest BCUT2D eigenvalue weighted by Gasteiger charge is 2.15. The van der Waals surface area contributed by atoms with Crippen molar-refractivity contribution in [3.8, 4) is 6.07 Å². The molecule has 0 amide bonds. The van der Waals surface area contributed by atoms with Crippen LogP contribution in [-0.2, 0) is 6.42 Å². The molecule has 4 nitrogen and oxygen atoms in total. The maximum atomic E-state index is 10.6. The van der Waals surface area contributed by atoms with E-state index < -0.39 is 4.92 Å². The summed E-state index contributed by atoms with van der Waals surface area (Å²) < 4.78 is 0.398. The fourth-order valence-electron chi connectivity index (χ4n) is 1.17. The zero-order chi connectivity index (χ0) is 10.7. The number of nitro benzene ring substituents is 1. The molecule has 0 unspecified atom stereocenters. The third-order valence-electron chi connectivity index (χ3n) is 1.74. The lowest BCUT2D eigenvalue weighted by Crippen LogP contribution is -1.94. The predicted octanol–water partition coefficient (Wildman–Crippen LogP) is 2.73. The molecule has 0 aliphatic rings. The van der Waals surface area contributed by atoms with Crippen molar-refractivity contribution in [2.24, 2.45) is 0 Å². The monoisotopic (exact) mass is 254 g/mol. The minimum absolute atomic E-state index is 0.00949. The number of rotatable bonds is 2. The van der Waals surface area contributed by atoms with Gasteiger partial charge in [-0.05, 0) is 34.0 Å². The maximum absolute atomic E-state index is 10.6. The first-order chi connectivity index (χ1) is 6.56. The van der Waals surface area contributed by atoms with Gasteiger partial charge in [0.1, 0.15) is 0 Å². The van der Waals surface area contributed by atoms with Crippen LogP contribution in [0.25, 0.3) is 0 Å². The summed E-state index contributed by atoms with van der Waals surface area (Å²) in [4.78, 5) is 10.2. The Kier molecular flexibility index (Phi) is 3.20. The Morgan fingerprint density at radius 2 is 2.29 bits per heavy atom. The Morgan fingerprint density at radius 3 is 2.79 bits per heavy atom. The Balaban J connectivity index is 3.33. The number of nitro groups is 1. The molecule has 0 aliphatic carbocycles. The van der Waals surface area contributed by atoms with Crippen LogP contribution in [0.5, 0.6) is 0 Å². The molecular formula is C9H7BrN2O2. The fraction of sp³-hybridized carbons (Fsp3) is 0.222. The molecule has 0 heterocycles. The zero-order valence-corrected chi connectivity index (χ0v) is 9.04. The summed E-state index contributed by atoms with van der Waals surface area (Å²) in [6, 6.07) is 5.21. The molecule has 0 atom stereocenters. The van der Waals surface area contributed by atoms with Crippen LogP contribution in [0.15, 0.2) is 16.6 Å². The van der Waals surface area contributed by atoms with E-state index in [-0.39, 0.29) is 12.1 Å². The Hall–Kier alpha value is -1.41. The fourth-order valence-corrected chi connectivity index (χ4v) is 1.68. The molecule has 0 bridgehead atoms. The number of nitrogens with zero attached hydrogens (tertiary/aromatic N) is 2. The lowest BCUT2D eigenvalue weighted by Gasteiger charge is -2.02. The summed E-state index contributed by atoms with van der Waals surface area (Å²) in [6.45, 7) is 1.76. The average molecular weight is 255 g/mol. The molecule has 14 heavy (non-hydrogen) atoms. The number of halogens is 1. The highest BCUT2D eigenvalue weighted by molar-refractivity contribution is 9.10. The summed E-state index contributed by atoms with van der Waals surface area (Å²) >= 11 is 3.12. The lowest BCUT2D eigenvalue weighted by molar-refractivity contribution is -0.385. The van der Waals surface area contributed by atoms with Crippen molar-refractivity contribution in [2.75, 3.05) is 0 Å². The smallest absolute Gasteiger partial charge is 0.258 e. The van der Waals surface area contributed by atoms with Gasteiger partial charge in [-0.25, -0.2) is 0 Å². The van der Waals surface area contributed by atoms with Gasteiger partial charge in [0.25, 0.3) is 5.69 Å². The summed E-state index contributed by atoms with van der Waals surface area (Å²) in [7, 11) is 0. The second kappa shape index (κ2) is 4.20. The van der Waals surface area contributed by atoms with Crippen molar-refractivity contribution in [3.05, 3.63) is 37.8 Å². The summed E-state index contributed by atoms with van der Waals surface area (Å²) in [5.74, 6) is 0. The van der Waals surface area contributed by atoms with Crippen LogP contribution in [0.4, 0.5) is 5.69 Å². The highest BCUT2D eigenvalue weighted by atomic mass is 79.9. The largest absolute Gasteiger partial charge is 0.284 e. The third kappa shape index (κ3) is 2.09. The second-order valence-corrected chi connectivity index (χ2v) is 3.64. The zero-order valence-electron chi connectivity index (χ0n) is 7.45. The molecule has 1 aromatic rings. The van der Waals surface area contributed by atoms with E-state index in [9.17, 15) is 10.1 Å². The minimum Gasteiger partial charge on any atom is -0.258 e. The normalized spacial score (nSPS) is 9.50. The quantitative estimate of drug-likeness (QED) is 0.602. The molecule has 0 spiro atoms. The van der Waals surface area contributed by atoms with Gasteiger partial charge < -0.3 is 0 Å². The van der Waals surface area contributed by atoms with Gasteiger partial charge in [0.15, 0.2) is 0 Å². The first-order valence-corrected chi connectivity index (χ1v) is 4.66. The molecule has 5 heteroatoms.